The van der Waals surface area contributed by atoms with Gasteiger partial charge in [-0.15, -0.1) is 0 Å². The third-order valence-corrected chi connectivity index (χ3v) is 2.82. The van der Waals surface area contributed by atoms with Crippen LogP contribution in [0, 0.1) is 17.0 Å². The smallest absolute Gasteiger partial charge is 0.312 e. The molecule has 0 aliphatic rings. The minimum Gasteiger partial charge on any atom is -0.430 e. The number of nitro benzene ring substituents is 1. The van der Waals surface area contributed by atoms with E-state index in [4.69, 9.17) is 16.2 Å². The van der Waals surface area contributed by atoms with Crippen LogP contribution in [-0.2, 0) is 0 Å². The summed E-state index contributed by atoms with van der Waals surface area (Å²) in [6.45, 7) is 1.76. The Morgan fingerprint density at radius 3 is 2.71 bits per heavy atom. The van der Waals surface area contributed by atoms with Crippen LogP contribution in [0.25, 0.3) is 0 Å². The highest BCUT2D eigenvalue weighted by Gasteiger charge is 2.20. The van der Waals surface area contributed by atoms with Crippen molar-refractivity contribution in [2.75, 3.05) is 5.73 Å². The molecule has 0 saturated heterocycles. The molecule has 108 valence electrons. The number of primary amides is 1. The number of nitrogen functional groups attached to an aromatic ring is 1. The highest BCUT2D eigenvalue weighted by Crippen LogP contribution is 2.34. The second-order valence-corrected chi connectivity index (χ2v) is 4.25. The number of amides is 1. The van der Waals surface area contributed by atoms with Gasteiger partial charge >= 0.3 is 5.69 Å². The fourth-order valence-corrected chi connectivity index (χ4v) is 1.63. The van der Waals surface area contributed by atoms with Crippen molar-refractivity contribution >= 4 is 17.3 Å². The normalized spacial score (nSPS) is 10.1. The first-order valence-corrected chi connectivity index (χ1v) is 5.87. The first-order chi connectivity index (χ1) is 9.90. The zero-order valence-electron chi connectivity index (χ0n) is 11.1. The summed E-state index contributed by atoms with van der Waals surface area (Å²) in [5.74, 6) is -0.780. The number of hydrogen-bond donors (Lipinski definition) is 2. The number of nitro groups is 1. The molecule has 0 unspecified atom stereocenters. The molecule has 1 aromatic heterocycles. The highest BCUT2D eigenvalue weighted by atomic mass is 16.6. The third kappa shape index (κ3) is 2.89. The number of nitrogens with zero attached hydrogens (tertiary/aromatic N) is 2. The molecule has 0 aliphatic carbocycles. The molecule has 21 heavy (non-hydrogen) atoms. The van der Waals surface area contributed by atoms with E-state index in [0.717, 1.165) is 11.6 Å². The lowest BCUT2D eigenvalue weighted by molar-refractivity contribution is -0.385. The molecule has 2 rings (SSSR count). The Labute approximate surface area is 119 Å². The molecule has 8 heteroatoms. The van der Waals surface area contributed by atoms with Gasteiger partial charge in [-0.2, -0.15) is 0 Å². The molecule has 0 fully saturated rings. The van der Waals surface area contributed by atoms with E-state index < -0.39 is 16.5 Å². The average molecular weight is 288 g/mol. The van der Waals surface area contributed by atoms with E-state index in [-0.39, 0.29) is 22.9 Å². The van der Waals surface area contributed by atoms with Gasteiger partial charge in [0.05, 0.1) is 10.6 Å². The van der Waals surface area contributed by atoms with E-state index in [1.807, 2.05) is 0 Å². The number of benzene rings is 1. The first-order valence-electron chi connectivity index (χ1n) is 5.87. The van der Waals surface area contributed by atoms with Crippen molar-refractivity contribution in [2.24, 2.45) is 5.73 Å². The van der Waals surface area contributed by atoms with E-state index in [2.05, 4.69) is 4.98 Å². The fraction of sp³-hybridized carbons (Fsp3) is 0.0769. The van der Waals surface area contributed by atoms with Crippen LogP contribution in [0.3, 0.4) is 0 Å². The number of aromatic nitrogens is 1. The summed E-state index contributed by atoms with van der Waals surface area (Å²) in [5.41, 5.74) is 11.5. The van der Waals surface area contributed by atoms with Crippen LogP contribution >= 0.6 is 0 Å². The van der Waals surface area contributed by atoms with Crippen molar-refractivity contribution in [3.8, 4) is 11.6 Å². The topological polar surface area (TPSA) is 134 Å². The maximum atomic E-state index is 11.1. The first kappa shape index (κ1) is 14.3. The Bertz CT molecular complexity index is 730. The molecule has 8 nitrogen and oxygen atoms in total. The molecule has 1 amide bonds. The lowest BCUT2D eigenvalue weighted by Gasteiger charge is -2.09. The van der Waals surface area contributed by atoms with Gasteiger partial charge in [-0.05, 0) is 30.7 Å². The van der Waals surface area contributed by atoms with Crippen LogP contribution < -0.4 is 16.2 Å². The number of carbonyl (C=O) groups excluding carboxylic acids is 1. The number of nitrogens with two attached hydrogens (primary N) is 2. The van der Waals surface area contributed by atoms with E-state index in [1.54, 1.807) is 13.0 Å². The molecular formula is C13H12N4O4. The third-order valence-electron chi connectivity index (χ3n) is 2.82. The molecule has 0 spiro atoms. The van der Waals surface area contributed by atoms with Crippen molar-refractivity contribution in [2.45, 2.75) is 6.92 Å². The molecule has 0 aliphatic heterocycles. The largest absolute Gasteiger partial charge is 0.430 e. The number of hydrogen-bond acceptors (Lipinski definition) is 6. The zero-order valence-corrected chi connectivity index (χ0v) is 11.1. The predicted octanol–water partition coefficient (Wildman–Crippen LogP) is 1.77. The summed E-state index contributed by atoms with van der Waals surface area (Å²) in [6, 6.07) is 5.34. The van der Waals surface area contributed by atoms with Crippen molar-refractivity contribution < 1.29 is 14.5 Å². The second-order valence-electron chi connectivity index (χ2n) is 4.25. The summed E-state index contributed by atoms with van der Waals surface area (Å²) in [4.78, 5) is 25.4. The minimum atomic E-state index is -0.766. The molecule has 0 radical (unpaired) electrons. The Hall–Kier alpha value is -3.16. The van der Waals surface area contributed by atoms with Crippen molar-refractivity contribution in [1.82, 2.24) is 4.98 Å². The van der Waals surface area contributed by atoms with Gasteiger partial charge in [-0.3, -0.25) is 14.9 Å². The molecule has 0 saturated carbocycles. The van der Waals surface area contributed by atoms with E-state index in [0.29, 0.717) is 0 Å². The molecule has 1 aromatic carbocycles. The number of pyridine rings is 1. The van der Waals surface area contributed by atoms with Gasteiger partial charge < -0.3 is 16.2 Å². The van der Waals surface area contributed by atoms with Gasteiger partial charge in [-0.25, -0.2) is 4.98 Å². The SMILES string of the molecule is Cc1ccnc(Oc2ccc(C(N)=O)cc2[N+](=O)[O-])c1N. The predicted molar refractivity (Wildman–Crippen MR) is 75.1 cm³/mol. The Morgan fingerprint density at radius 2 is 2.10 bits per heavy atom. The monoisotopic (exact) mass is 288 g/mol. The van der Waals surface area contributed by atoms with E-state index in [1.165, 1.54) is 18.3 Å². The molecule has 2 aromatic rings. The summed E-state index contributed by atoms with van der Waals surface area (Å²) in [5, 5.41) is 11.1. The van der Waals surface area contributed by atoms with Crippen LogP contribution in [0.1, 0.15) is 15.9 Å². The van der Waals surface area contributed by atoms with Crippen molar-refractivity contribution in [3.05, 3.63) is 51.7 Å². The lowest BCUT2D eigenvalue weighted by atomic mass is 10.2. The Kier molecular flexibility index (Phi) is 3.70. The number of ether oxygens (including phenoxy) is 1. The zero-order chi connectivity index (χ0) is 15.6. The standard InChI is InChI=1S/C13H12N4O4/c1-7-4-5-16-13(11(7)14)21-10-3-2-8(12(15)18)6-9(10)17(19)20/h2-6H,14H2,1H3,(H2,15,18). The molecule has 0 bridgehead atoms. The van der Waals surface area contributed by atoms with Crippen LogP contribution in [-0.4, -0.2) is 15.8 Å². The summed E-state index contributed by atoms with van der Waals surface area (Å²) >= 11 is 0. The van der Waals surface area contributed by atoms with Gasteiger partial charge in [0.1, 0.15) is 0 Å². The number of rotatable bonds is 4. The lowest BCUT2D eigenvalue weighted by Crippen LogP contribution is -2.11. The van der Waals surface area contributed by atoms with Crippen molar-refractivity contribution in [1.29, 1.82) is 0 Å². The van der Waals surface area contributed by atoms with E-state index in [9.17, 15) is 14.9 Å². The maximum Gasteiger partial charge on any atom is 0.312 e. The number of anilines is 1. The summed E-state index contributed by atoms with van der Waals surface area (Å²) in [6.07, 6.45) is 1.48. The fourth-order valence-electron chi connectivity index (χ4n) is 1.63. The highest BCUT2D eigenvalue weighted by molar-refractivity contribution is 5.93. The van der Waals surface area contributed by atoms with Crippen LogP contribution in [0.15, 0.2) is 30.5 Å². The summed E-state index contributed by atoms with van der Waals surface area (Å²) in [7, 11) is 0. The van der Waals surface area contributed by atoms with Crippen LogP contribution in [0.2, 0.25) is 0 Å². The molecule has 1 heterocycles. The van der Waals surface area contributed by atoms with Crippen LogP contribution in [0.5, 0.6) is 11.6 Å². The van der Waals surface area contributed by atoms with Gasteiger partial charge in [-0.1, -0.05) is 0 Å². The van der Waals surface area contributed by atoms with Gasteiger partial charge in [0, 0.05) is 17.8 Å². The molecular weight excluding hydrogens is 276 g/mol. The number of carbonyl (C=O) groups is 1. The quantitative estimate of drug-likeness (QED) is 0.650. The Morgan fingerprint density at radius 1 is 1.38 bits per heavy atom. The van der Waals surface area contributed by atoms with Gasteiger partial charge in [0.2, 0.25) is 17.5 Å². The number of aryl methyl sites for hydroxylation is 1. The maximum absolute atomic E-state index is 11.1. The second kappa shape index (κ2) is 5.45. The molecule has 4 N–H and O–H groups in total. The van der Waals surface area contributed by atoms with Crippen LogP contribution in [0.4, 0.5) is 11.4 Å². The summed E-state index contributed by atoms with van der Waals surface area (Å²) < 4.78 is 5.39. The Balaban J connectivity index is 2.46. The minimum absolute atomic E-state index is 0.0132. The van der Waals surface area contributed by atoms with Gasteiger partial charge in [0.25, 0.3) is 0 Å². The van der Waals surface area contributed by atoms with Gasteiger partial charge in [0.15, 0.2) is 0 Å². The molecule has 0 atom stereocenters. The average Bonchev–Trinajstić information content (AvgIpc) is 2.43. The van der Waals surface area contributed by atoms with Crippen molar-refractivity contribution in [3.63, 3.8) is 0 Å². The van der Waals surface area contributed by atoms with E-state index >= 15 is 0 Å².